The first kappa shape index (κ1) is 17.3. The van der Waals surface area contributed by atoms with Gasteiger partial charge in [0.2, 0.25) is 5.89 Å². The molecule has 0 unspecified atom stereocenters. The zero-order valence-corrected chi connectivity index (χ0v) is 14.7. The van der Waals surface area contributed by atoms with Crippen molar-refractivity contribution >= 4 is 28.4 Å². The maximum absolute atomic E-state index is 12.5. The number of anilines is 1. The van der Waals surface area contributed by atoms with Gasteiger partial charge in [-0.15, -0.1) is 0 Å². The van der Waals surface area contributed by atoms with Crippen LogP contribution in [0.4, 0.5) is 11.4 Å². The van der Waals surface area contributed by atoms with Gasteiger partial charge in [-0.3, -0.25) is 19.9 Å². The molecule has 138 valence electrons. The van der Waals surface area contributed by atoms with Crippen molar-refractivity contribution in [3.63, 3.8) is 0 Å². The van der Waals surface area contributed by atoms with E-state index in [0.29, 0.717) is 28.2 Å². The molecule has 0 atom stereocenters. The number of rotatable bonds is 4. The average molecular weight is 374 g/mol. The predicted molar refractivity (Wildman–Crippen MR) is 103 cm³/mol. The molecule has 2 heterocycles. The normalized spacial score (nSPS) is 10.8. The molecule has 8 nitrogen and oxygen atoms in total. The molecule has 0 fully saturated rings. The number of hydrogen-bond donors (Lipinski definition) is 1. The van der Waals surface area contributed by atoms with Gasteiger partial charge in [-0.1, -0.05) is 6.07 Å². The predicted octanol–water partition coefficient (Wildman–Crippen LogP) is 4.36. The summed E-state index contributed by atoms with van der Waals surface area (Å²) in [6, 6.07) is 13.0. The number of nitrogens with zero attached hydrogens (tertiary/aromatic N) is 3. The molecule has 4 rings (SSSR count). The van der Waals surface area contributed by atoms with Gasteiger partial charge in [0.1, 0.15) is 5.52 Å². The van der Waals surface area contributed by atoms with Crippen LogP contribution in [0.15, 0.2) is 65.3 Å². The number of nitro groups is 1. The Morgan fingerprint density at radius 2 is 1.89 bits per heavy atom. The van der Waals surface area contributed by atoms with Crippen LogP contribution in [-0.4, -0.2) is 20.8 Å². The molecule has 2 aromatic heterocycles. The molecule has 8 heteroatoms. The summed E-state index contributed by atoms with van der Waals surface area (Å²) in [5.41, 5.74) is 3.07. The number of benzene rings is 2. The molecule has 4 aromatic rings. The molecule has 0 aliphatic heterocycles. The summed E-state index contributed by atoms with van der Waals surface area (Å²) < 4.78 is 5.73. The van der Waals surface area contributed by atoms with E-state index in [2.05, 4.69) is 15.3 Å². The lowest BCUT2D eigenvalue weighted by atomic mass is 10.1. The third-order valence-electron chi connectivity index (χ3n) is 4.24. The van der Waals surface area contributed by atoms with Crippen molar-refractivity contribution in [2.45, 2.75) is 6.92 Å². The molecule has 0 saturated heterocycles. The highest BCUT2D eigenvalue weighted by Gasteiger charge is 2.16. The van der Waals surface area contributed by atoms with Crippen LogP contribution in [0.2, 0.25) is 0 Å². The van der Waals surface area contributed by atoms with Gasteiger partial charge in [0.15, 0.2) is 5.58 Å². The minimum absolute atomic E-state index is 0.0957. The molecule has 0 aliphatic carbocycles. The van der Waals surface area contributed by atoms with Crippen molar-refractivity contribution in [2.24, 2.45) is 0 Å². The van der Waals surface area contributed by atoms with Crippen LogP contribution in [0, 0.1) is 17.0 Å². The first-order chi connectivity index (χ1) is 13.5. The first-order valence-electron chi connectivity index (χ1n) is 8.38. The van der Waals surface area contributed by atoms with Crippen molar-refractivity contribution in [1.29, 1.82) is 0 Å². The van der Waals surface area contributed by atoms with Crippen LogP contribution >= 0.6 is 0 Å². The zero-order valence-electron chi connectivity index (χ0n) is 14.7. The highest BCUT2D eigenvalue weighted by molar-refractivity contribution is 6.05. The quantitative estimate of drug-likeness (QED) is 0.420. The van der Waals surface area contributed by atoms with Crippen LogP contribution in [0.3, 0.4) is 0 Å². The smallest absolute Gasteiger partial charge is 0.273 e. The third kappa shape index (κ3) is 3.30. The number of oxazole rings is 1. The molecule has 28 heavy (non-hydrogen) atoms. The van der Waals surface area contributed by atoms with Gasteiger partial charge in [-0.25, -0.2) is 4.98 Å². The van der Waals surface area contributed by atoms with Crippen molar-refractivity contribution in [3.05, 3.63) is 82.2 Å². The average Bonchev–Trinajstić information content (AvgIpc) is 3.12. The van der Waals surface area contributed by atoms with Crippen molar-refractivity contribution in [1.82, 2.24) is 9.97 Å². The van der Waals surface area contributed by atoms with Crippen LogP contribution in [0.5, 0.6) is 0 Å². The van der Waals surface area contributed by atoms with Crippen molar-refractivity contribution in [2.75, 3.05) is 5.32 Å². The van der Waals surface area contributed by atoms with E-state index >= 15 is 0 Å². The highest BCUT2D eigenvalue weighted by atomic mass is 16.6. The summed E-state index contributed by atoms with van der Waals surface area (Å²) in [6.45, 7) is 1.62. The standard InChI is InChI=1S/C20H14N4O4/c1-12-2-3-14(10-17(12)24(26)27)19(25)22-15-4-5-18-16(11-15)23-20(28-18)13-6-8-21-9-7-13/h2-11H,1H3,(H,22,25). The number of aromatic nitrogens is 2. The monoisotopic (exact) mass is 374 g/mol. The van der Waals surface area contributed by atoms with Crippen LogP contribution in [-0.2, 0) is 0 Å². The van der Waals surface area contributed by atoms with E-state index in [-0.39, 0.29) is 11.3 Å². The zero-order chi connectivity index (χ0) is 19.7. The lowest BCUT2D eigenvalue weighted by Gasteiger charge is -2.06. The summed E-state index contributed by atoms with van der Waals surface area (Å²) in [6.07, 6.45) is 3.30. The summed E-state index contributed by atoms with van der Waals surface area (Å²) in [5, 5.41) is 13.8. The SMILES string of the molecule is Cc1ccc(C(=O)Nc2ccc3oc(-c4ccncc4)nc3c2)cc1[N+](=O)[O-]. The maximum atomic E-state index is 12.5. The minimum atomic E-state index is -0.506. The van der Waals surface area contributed by atoms with Crippen molar-refractivity contribution in [3.8, 4) is 11.5 Å². The number of fused-ring (bicyclic) bond motifs is 1. The van der Waals surface area contributed by atoms with E-state index < -0.39 is 10.8 Å². The molecule has 1 amide bonds. The van der Waals surface area contributed by atoms with E-state index in [0.717, 1.165) is 5.56 Å². The summed E-state index contributed by atoms with van der Waals surface area (Å²) in [5.74, 6) is 0.00957. The van der Waals surface area contributed by atoms with Crippen LogP contribution in [0.25, 0.3) is 22.6 Å². The van der Waals surface area contributed by atoms with E-state index in [1.54, 1.807) is 61.8 Å². The van der Waals surface area contributed by atoms with E-state index in [1.165, 1.54) is 6.07 Å². The minimum Gasteiger partial charge on any atom is -0.436 e. The topological polar surface area (TPSA) is 111 Å². The number of amides is 1. The number of aryl methyl sites for hydroxylation is 1. The fourth-order valence-electron chi connectivity index (χ4n) is 2.77. The molecule has 0 saturated carbocycles. The lowest BCUT2D eigenvalue weighted by molar-refractivity contribution is -0.385. The van der Waals surface area contributed by atoms with E-state index in [9.17, 15) is 14.9 Å². The first-order valence-corrected chi connectivity index (χ1v) is 8.38. The van der Waals surface area contributed by atoms with Crippen LogP contribution in [0.1, 0.15) is 15.9 Å². The second kappa shape index (κ2) is 6.92. The van der Waals surface area contributed by atoms with E-state index in [1.807, 2.05) is 0 Å². The van der Waals surface area contributed by atoms with Gasteiger partial charge >= 0.3 is 0 Å². The Morgan fingerprint density at radius 3 is 2.64 bits per heavy atom. The summed E-state index contributed by atoms with van der Waals surface area (Å²) in [7, 11) is 0. The van der Waals surface area contributed by atoms with Gasteiger partial charge in [0.05, 0.1) is 4.92 Å². The van der Waals surface area contributed by atoms with Gasteiger partial charge in [-0.2, -0.15) is 0 Å². The Bertz CT molecular complexity index is 1200. The highest BCUT2D eigenvalue weighted by Crippen LogP contribution is 2.26. The number of pyridine rings is 1. The molecular formula is C20H14N4O4. The molecule has 2 aromatic carbocycles. The second-order valence-corrected chi connectivity index (χ2v) is 6.15. The van der Waals surface area contributed by atoms with Crippen molar-refractivity contribution < 1.29 is 14.1 Å². The molecule has 0 radical (unpaired) electrons. The molecule has 0 aliphatic rings. The summed E-state index contributed by atoms with van der Waals surface area (Å²) >= 11 is 0. The fourth-order valence-corrected chi connectivity index (χ4v) is 2.77. The Hall–Kier alpha value is -4.07. The number of carbonyl (C=O) groups is 1. The fraction of sp³-hybridized carbons (Fsp3) is 0.0500. The van der Waals surface area contributed by atoms with Gasteiger partial charge in [0.25, 0.3) is 11.6 Å². The van der Waals surface area contributed by atoms with Crippen LogP contribution < -0.4 is 5.32 Å². The van der Waals surface area contributed by atoms with E-state index in [4.69, 9.17) is 4.42 Å². The molecule has 1 N–H and O–H groups in total. The Morgan fingerprint density at radius 1 is 1.11 bits per heavy atom. The third-order valence-corrected chi connectivity index (χ3v) is 4.24. The molecule has 0 bridgehead atoms. The van der Waals surface area contributed by atoms with Gasteiger partial charge in [-0.05, 0) is 43.3 Å². The number of nitrogens with one attached hydrogen (secondary N) is 1. The Kier molecular flexibility index (Phi) is 4.29. The maximum Gasteiger partial charge on any atom is 0.273 e. The van der Waals surface area contributed by atoms with Gasteiger partial charge < -0.3 is 9.73 Å². The molecule has 0 spiro atoms. The second-order valence-electron chi connectivity index (χ2n) is 6.15. The number of hydrogen-bond acceptors (Lipinski definition) is 6. The summed E-state index contributed by atoms with van der Waals surface area (Å²) in [4.78, 5) is 31.4. The van der Waals surface area contributed by atoms with Gasteiger partial charge in [0, 0.05) is 40.8 Å². The number of carbonyl (C=O) groups excluding carboxylic acids is 1. The number of nitro benzene ring substituents is 1. The Balaban J connectivity index is 1.60. The Labute approximate surface area is 159 Å². The largest absolute Gasteiger partial charge is 0.436 e. The lowest BCUT2D eigenvalue weighted by Crippen LogP contribution is -2.12. The molecular weight excluding hydrogens is 360 g/mol.